The van der Waals surface area contributed by atoms with Gasteiger partial charge in [0.2, 0.25) is 0 Å². The normalized spacial score (nSPS) is 11.2. The summed E-state index contributed by atoms with van der Waals surface area (Å²) in [6.07, 6.45) is 2.46. The summed E-state index contributed by atoms with van der Waals surface area (Å²) in [5.41, 5.74) is 9.27. The number of aromatic carboxylic acids is 1. The molecule has 4 nitrogen and oxygen atoms in total. The van der Waals surface area contributed by atoms with Gasteiger partial charge in [0.1, 0.15) is 0 Å². The van der Waals surface area contributed by atoms with E-state index in [2.05, 4.69) is 4.98 Å². The van der Waals surface area contributed by atoms with Crippen molar-refractivity contribution in [1.82, 2.24) is 4.98 Å². The van der Waals surface area contributed by atoms with Gasteiger partial charge in [-0.3, -0.25) is 0 Å². The van der Waals surface area contributed by atoms with E-state index in [0.29, 0.717) is 27.5 Å². The van der Waals surface area contributed by atoms with E-state index in [1.807, 2.05) is 24.3 Å². The molecule has 4 N–H and O–H groups in total. The number of rotatable bonds is 6. The molecular weight excluding hydrogens is 359 g/mol. The van der Waals surface area contributed by atoms with Gasteiger partial charge in [-0.2, -0.15) is 0 Å². The lowest BCUT2D eigenvalue weighted by atomic mass is 9.97. The fraction of sp³-hybridized carbons (Fsp3) is 0.211. The van der Waals surface area contributed by atoms with Crippen molar-refractivity contribution < 1.29 is 9.90 Å². The standard InChI is InChI=1S/C19H18Cl2N2O2/c20-12-6-4-11(5-7-12)17-13(3-1-2-10-22)16-14(19(24)25)8-9-15(21)18(16)23-17/h4-9,23H,1-3,10,22H2,(H,24,25). The molecule has 3 aromatic rings. The predicted molar refractivity (Wildman–Crippen MR) is 103 cm³/mol. The number of benzene rings is 2. The second-order valence-electron chi connectivity index (χ2n) is 5.88. The van der Waals surface area contributed by atoms with Crippen LogP contribution in [0.15, 0.2) is 36.4 Å². The number of carboxylic acids is 1. The predicted octanol–water partition coefficient (Wildman–Crippen LogP) is 5.12. The molecule has 1 heterocycles. The molecule has 0 amide bonds. The Morgan fingerprint density at radius 2 is 1.80 bits per heavy atom. The Morgan fingerprint density at radius 1 is 1.08 bits per heavy atom. The third-order valence-electron chi connectivity index (χ3n) is 4.25. The topological polar surface area (TPSA) is 79.1 Å². The summed E-state index contributed by atoms with van der Waals surface area (Å²) in [7, 11) is 0. The third kappa shape index (κ3) is 3.52. The number of halogens is 2. The molecule has 0 unspecified atom stereocenters. The molecule has 0 radical (unpaired) electrons. The zero-order valence-corrected chi connectivity index (χ0v) is 15.0. The minimum atomic E-state index is -0.969. The highest BCUT2D eigenvalue weighted by Gasteiger charge is 2.20. The van der Waals surface area contributed by atoms with E-state index in [4.69, 9.17) is 28.9 Å². The molecule has 130 valence electrons. The van der Waals surface area contributed by atoms with Gasteiger partial charge in [0.05, 0.1) is 16.1 Å². The number of nitrogens with one attached hydrogen (secondary N) is 1. The van der Waals surface area contributed by atoms with Gasteiger partial charge in [0, 0.05) is 16.1 Å². The van der Waals surface area contributed by atoms with Crippen LogP contribution in [0, 0.1) is 0 Å². The van der Waals surface area contributed by atoms with E-state index in [-0.39, 0.29) is 5.56 Å². The van der Waals surface area contributed by atoms with Gasteiger partial charge >= 0.3 is 5.97 Å². The lowest BCUT2D eigenvalue weighted by Crippen LogP contribution is -2.01. The first kappa shape index (κ1) is 17.8. The van der Waals surface area contributed by atoms with Gasteiger partial charge in [-0.25, -0.2) is 4.79 Å². The highest BCUT2D eigenvalue weighted by molar-refractivity contribution is 6.36. The van der Waals surface area contributed by atoms with Crippen molar-refractivity contribution in [3.63, 3.8) is 0 Å². The maximum Gasteiger partial charge on any atom is 0.336 e. The summed E-state index contributed by atoms with van der Waals surface area (Å²) in [4.78, 5) is 15.0. The molecule has 1 aromatic heterocycles. The number of unbranched alkanes of at least 4 members (excludes halogenated alkanes) is 1. The average molecular weight is 377 g/mol. The van der Waals surface area contributed by atoms with Crippen LogP contribution in [0.3, 0.4) is 0 Å². The highest BCUT2D eigenvalue weighted by Crippen LogP contribution is 2.37. The Bertz CT molecular complexity index is 917. The second kappa shape index (κ2) is 7.48. The van der Waals surface area contributed by atoms with E-state index in [1.165, 1.54) is 0 Å². The van der Waals surface area contributed by atoms with E-state index in [9.17, 15) is 9.90 Å². The molecule has 6 heteroatoms. The molecule has 0 bridgehead atoms. The van der Waals surface area contributed by atoms with Crippen molar-refractivity contribution in [1.29, 1.82) is 0 Å². The Balaban J connectivity index is 2.26. The quantitative estimate of drug-likeness (QED) is 0.522. The molecule has 0 aliphatic heterocycles. The smallest absolute Gasteiger partial charge is 0.336 e. The SMILES string of the molecule is NCCCCc1c(-c2ccc(Cl)cc2)[nH]c2c(Cl)ccc(C(=O)O)c12. The minimum Gasteiger partial charge on any atom is -0.478 e. The summed E-state index contributed by atoms with van der Waals surface area (Å²) in [6.45, 7) is 0.602. The van der Waals surface area contributed by atoms with Gasteiger partial charge < -0.3 is 15.8 Å². The summed E-state index contributed by atoms with van der Waals surface area (Å²) < 4.78 is 0. The van der Waals surface area contributed by atoms with Crippen LogP contribution in [0.1, 0.15) is 28.8 Å². The lowest BCUT2D eigenvalue weighted by molar-refractivity contribution is 0.0699. The molecule has 2 aromatic carbocycles. The molecule has 0 atom stereocenters. The number of fused-ring (bicyclic) bond motifs is 1. The highest BCUT2D eigenvalue weighted by atomic mass is 35.5. The number of H-pyrrole nitrogens is 1. The number of hydrogen-bond acceptors (Lipinski definition) is 2. The van der Waals surface area contributed by atoms with Crippen LogP contribution >= 0.6 is 23.2 Å². The zero-order valence-electron chi connectivity index (χ0n) is 13.5. The van der Waals surface area contributed by atoms with Crippen LogP contribution in [0.4, 0.5) is 0 Å². The van der Waals surface area contributed by atoms with Crippen molar-refractivity contribution in [2.75, 3.05) is 6.54 Å². The minimum absolute atomic E-state index is 0.249. The number of carbonyl (C=O) groups is 1. The Kier molecular flexibility index (Phi) is 5.33. The zero-order chi connectivity index (χ0) is 18.0. The van der Waals surface area contributed by atoms with Gasteiger partial charge in [-0.05, 0) is 61.2 Å². The summed E-state index contributed by atoms with van der Waals surface area (Å²) >= 11 is 12.3. The maximum atomic E-state index is 11.7. The lowest BCUT2D eigenvalue weighted by Gasteiger charge is -2.07. The molecule has 0 aliphatic carbocycles. The monoisotopic (exact) mass is 376 g/mol. The van der Waals surface area contributed by atoms with Crippen molar-refractivity contribution in [2.45, 2.75) is 19.3 Å². The molecule has 0 aliphatic rings. The van der Waals surface area contributed by atoms with Crippen molar-refractivity contribution in [3.8, 4) is 11.3 Å². The number of nitrogens with two attached hydrogens (primary N) is 1. The molecule has 25 heavy (non-hydrogen) atoms. The van der Waals surface area contributed by atoms with Crippen LogP contribution < -0.4 is 5.73 Å². The average Bonchev–Trinajstić information content (AvgIpc) is 2.96. The van der Waals surface area contributed by atoms with E-state index < -0.39 is 5.97 Å². The van der Waals surface area contributed by atoms with Crippen molar-refractivity contribution >= 4 is 40.1 Å². The maximum absolute atomic E-state index is 11.7. The van der Waals surface area contributed by atoms with Gasteiger partial charge in [0.15, 0.2) is 0 Å². The Labute approximate surface area is 155 Å². The first-order valence-electron chi connectivity index (χ1n) is 8.05. The van der Waals surface area contributed by atoms with Crippen LogP contribution in [-0.4, -0.2) is 22.6 Å². The summed E-state index contributed by atoms with van der Waals surface area (Å²) in [5.74, 6) is -0.969. The van der Waals surface area contributed by atoms with Gasteiger partial charge in [-0.1, -0.05) is 35.3 Å². The van der Waals surface area contributed by atoms with Crippen LogP contribution in [-0.2, 0) is 6.42 Å². The Hall–Kier alpha value is -2.01. The third-order valence-corrected chi connectivity index (χ3v) is 4.82. The molecule has 0 saturated heterocycles. The van der Waals surface area contributed by atoms with E-state index >= 15 is 0 Å². The van der Waals surface area contributed by atoms with Gasteiger partial charge in [-0.15, -0.1) is 0 Å². The van der Waals surface area contributed by atoms with E-state index in [0.717, 1.165) is 36.1 Å². The number of carboxylic acid groups (broad SMARTS) is 1. The second-order valence-corrected chi connectivity index (χ2v) is 6.72. The van der Waals surface area contributed by atoms with Crippen molar-refractivity contribution in [3.05, 3.63) is 57.6 Å². The number of hydrogen-bond donors (Lipinski definition) is 3. The largest absolute Gasteiger partial charge is 0.478 e. The Morgan fingerprint density at radius 3 is 2.44 bits per heavy atom. The van der Waals surface area contributed by atoms with Gasteiger partial charge in [0.25, 0.3) is 0 Å². The molecular formula is C19H18Cl2N2O2. The molecule has 0 saturated carbocycles. The summed E-state index contributed by atoms with van der Waals surface area (Å²) in [6, 6.07) is 10.6. The number of aromatic amines is 1. The first-order valence-corrected chi connectivity index (χ1v) is 8.81. The number of aryl methyl sites for hydroxylation is 1. The van der Waals surface area contributed by atoms with Crippen molar-refractivity contribution in [2.24, 2.45) is 5.73 Å². The van der Waals surface area contributed by atoms with Crippen LogP contribution in [0.2, 0.25) is 10.0 Å². The van der Waals surface area contributed by atoms with Crippen LogP contribution in [0.5, 0.6) is 0 Å². The summed E-state index contributed by atoms with van der Waals surface area (Å²) in [5, 5.41) is 11.4. The van der Waals surface area contributed by atoms with E-state index in [1.54, 1.807) is 12.1 Å². The van der Waals surface area contributed by atoms with Crippen LogP contribution in [0.25, 0.3) is 22.2 Å². The first-order chi connectivity index (χ1) is 12.0. The number of aromatic nitrogens is 1. The fourth-order valence-electron chi connectivity index (χ4n) is 3.08. The molecule has 0 spiro atoms. The fourth-order valence-corrected chi connectivity index (χ4v) is 3.41. The molecule has 3 rings (SSSR count). The molecule has 0 fully saturated rings.